The first-order valence-electron chi connectivity index (χ1n) is 6.74. The summed E-state index contributed by atoms with van der Waals surface area (Å²) in [5.41, 5.74) is 8.51. The summed E-state index contributed by atoms with van der Waals surface area (Å²) in [6.45, 7) is 8.23. The molecule has 2 heteroatoms. The van der Waals surface area contributed by atoms with Crippen LogP contribution in [0.15, 0.2) is 24.3 Å². The predicted octanol–water partition coefficient (Wildman–Crippen LogP) is 3.28. The Morgan fingerprint density at radius 2 is 1.82 bits per heavy atom. The Bertz CT molecular complexity index is 352. The summed E-state index contributed by atoms with van der Waals surface area (Å²) in [5, 5.41) is 0. The number of rotatable bonds is 4. The van der Waals surface area contributed by atoms with Crippen molar-refractivity contribution < 1.29 is 0 Å². The largest absolute Gasteiger partial charge is 0.399 e. The first-order valence-corrected chi connectivity index (χ1v) is 6.74. The summed E-state index contributed by atoms with van der Waals surface area (Å²) in [5.74, 6) is 0. The van der Waals surface area contributed by atoms with Gasteiger partial charge in [0.05, 0.1) is 0 Å². The quantitative estimate of drug-likeness (QED) is 0.807. The number of likely N-dealkylation sites (tertiary alicyclic amines) is 1. The van der Waals surface area contributed by atoms with E-state index in [0.717, 1.165) is 12.2 Å². The zero-order valence-electron chi connectivity index (χ0n) is 11.1. The van der Waals surface area contributed by atoms with E-state index in [4.69, 9.17) is 5.73 Å². The fourth-order valence-corrected chi connectivity index (χ4v) is 2.87. The lowest BCUT2D eigenvalue weighted by molar-refractivity contribution is 0.236. The molecular weight excluding hydrogens is 208 g/mol. The van der Waals surface area contributed by atoms with E-state index in [2.05, 4.69) is 30.9 Å². The van der Waals surface area contributed by atoms with Crippen LogP contribution in [-0.4, -0.2) is 18.0 Å². The molecule has 0 aliphatic carbocycles. The summed E-state index contributed by atoms with van der Waals surface area (Å²) in [4.78, 5) is 2.58. The Labute approximate surface area is 105 Å². The van der Waals surface area contributed by atoms with Crippen molar-refractivity contribution in [3.63, 3.8) is 0 Å². The lowest BCUT2D eigenvalue weighted by Gasteiger charge is -2.26. The minimum atomic E-state index is 0.577. The summed E-state index contributed by atoms with van der Waals surface area (Å²) in [6.07, 6.45) is 3.97. The molecule has 1 aliphatic heterocycles. The number of hydrogen-bond donors (Lipinski definition) is 1. The third-order valence-electron chi connectivity index (χ3n) is 4.40. The van der Waals surface area contributed by atoms with E-state index in [1.54, 1.807) is 0 Å². The van der Waals surface area contributed by atoms with E-state index in [0.29, 0.717) is 5.41 Å². The third kappa shape index (κ3) is 2.81. The first kappa shape index (κ1) is 12.4. The Morgan fingerprint density at radius 1 is 1.18 bits per heavy atom. The zero-order chi connectivity index (χ0) is 12.3. The van der Waals surface area contributed by atoms with Crippen LogP contribution in [0.4, 0.5) is 5.69 Å². The average Bonchev–Trinajstić information content (AvgIpc) is 2.76. The lowest BCUT2D eigenvalue weighted by atomic mass is 9.82. The SMILES string of the molecule is CCC1(CC)CCN(Cc2ccc(N)cc2)C1. The molecule has 1 heterocycles. The molecule has 94 valence electrons. The Morgan fingerprint density at radius 3 is 2.35 bits per heavy atom. The van der Waals surface area contributed by atoms with Crippen LogP contribution in [0.1, 0.15) is 38.7 Å². The van der Waals surface area contributed by atoms with Crippen molar-refractivity contribution in [1.82, 2.24) is 4.90 Å². The maximum absolute atomic E-state index is 5.71. The van der Waals surface area contributed by atoms with Gasteiger partial charge in [0.25, 0.3) is 0 Å². The third-order valence-corrected chi connectivity index (χ3v) is 4.40. The average molecular weight is 232 g/mol. The Kier molecular flexibility index (Phi) is 3.72. The van der Waals surface area contributed by atoms with Gasteiger partial charge < -0.3 is 5.73 Å². The molecule has 0 aromatic heterocycles. The van der Waals surface area contributed by atoms with Gasteiger partial charge in [-0.05, 0) is 48.9 Å². The second-order valence-corrected chi connectivity index (χ2v) is 5.41. The van der Waals surface area contributed by atoms with Crippen molar-refractivity contribution in [2.24, 2.45) is 5.41 Å². The van der Waals surface area contributed by atoms with Gasteiger partial charge in [-0.3, -0.25) is 4.90 Å². The van der Waals surface area contributed by atoms with E-state index in [1.807, 2.05) is 12.1 Å². The molecule has 1 fully saturated rings. The minimum Gasteiger partial charge on any atom is -0.399 e. The Balaban J connectivity index is 1.95. The molecule has 0 saturated carbocycles. The number of nitrogen functional groups attached to an aromatic ring is 1. The second-order valence-electron chi connectivity index (χ2n) is 5.41. The van der Waals surface area contributed by atoms with Crippen LogP contribution in [0, 0.1) is 5.41 Å². The van der Waals surface area contributed by atoms with Crippen LogP contribution in [-0.2, 0) is 6.54 Å². The fourth-order valence-electron chi connectivity index (χ4n) is 2.87. The van der Waals surface area contributed by atoms with Crippen molar-refractivity contribution in [2.75, 3.05) is 18.8 Å². The van der Waals surface area contributed by atoms with E-state index in [1.165, 1.54) is 37.9 Å². The fraction of sp³-hybridized carbons (Fsp3) is 0.600. The van der Waals surface area contributed by atoms with Crippen LogP contribution < -0.4 is 5.73 Å². The molecule has 2 nitrogen and oxygen atoms in total. The van der Waals surface area contributed by atoms with Gasteiger partial charge in [0, 0.05) is 18.8 Å². The normalized spacial score (nSPS) is 19.6. The number of nitrogens with zero attached hydrogens (tertiary/aromatic N) is 1. The molecule has 1 aromatic carbocycles. The van der Waals surface area contributed by atoms with Gasteiger partial charge in [0.15, 0.2) is 0 Å². The molecule has 1 aliphatic rings. The standard InChI is InChI=1S/C15H24N2/c1-3-15(4-2)9-10-17(12-15)11-13-5-7-14(16)8-6-13/h5-8H,3-4,9-12,16H2,1-2H3. The van der Waals surface area contributed by atoms with Gasteiger partial charge in [0.2, 0.25) is 0 Å². The van der Waals surface area contributed by atoms with Crippen LogP contribution >= 0.6 is 0 Å². The van der Waals surface area contributed by atoms with E-state index < -0.39 is 0 Å². The van der Waals surface area contributed by atoms with Gasteiger partial charge in [0.1, 0.15) is 0 Å². The molecular formula is C15H24N2. The highest BCUT2D eigenvalue weighted by molar-refractivity contribution is 5.39. The maximum Gasteiger partial charge on any atom is 0.0314 e. The van der Waals surface area contributed by atoms with Crippen molar-refractivity contribution in [3.8, 4) is 0 Å². The van der Waals surface area contributed by atoms with E-state index in [9.17, 15) is 0 Å². The minimum absolute atomic E-state index is 0.577. The predicted molar refractivity (Wildman–Crippen MR) is 73.8 cm³/mol. The molecule has 17 heavy (non-hydrogen) atoms. The monoisotopic (exact) mass is 232 g/mol. The summed E-state index contributed by atoms with van der Waals surface area (Å²) in [6, 6.07) is 8.29. The van der Waals surface area contributed by atoms with Crippen LogP contribution in [0.3, 0.4) is 0 Å². The van der Waals surface area contributed by atoms with Gasteiger partial charge in [-0.1, -0.05) is 26.0 Å². The summed E-state index contributed by atoms with van der Waals surface area (Å²) < 4.78 is 0. The second kappa shape index (κ2) is 5.09. The van der Waals surface area contributed by atoms with Crippen molar-refractivity contribution >= 4 is 5.69 Å². The number of benzene rings is 1. The van der Waals surface area contributed by atoms with Gasteiger partial charge in [-0.15, -0.1) is 0 Å². The molecule has 1 aromatic rings. The Hall–Kier alpha value is -1.02. The first-order chi connectivity index (χ1) is 8.17. The zero-order valence-corrected chi connectivity index (χ0v) is 11.1. The van der Waals surface area contributed by atoms with Crippen LogP contribution in [0.5, 0.6) is 0 Å². The van der Waals surface area contributed by atoms with Crippen molar-refractivity contribution in [3.05, 3.63) is 29.8 Å². The molecule has 0 spiro atoms. The van der Waals surface area contributed by atoms with Crippen LogP contribution in [0.25, 0.3) is 0 Å². The molecule has 0 bridgehead atoms. The number of anilines is 1. The van der Waals surface area contributed by atoms with E-state index >= 15 is 0 Å². The number of hydrogen-bond acceptors (Lipinski definition) is 2. The summed E-state index contributed by atoms with van der Waals surface area (Å²) >= 11 is 0. The molecule has 0 amide bonds. The maximum atomic E-state index is 5.71. The van der Waals surface area contributed by atoms with E-state index in [-0.39, 0.29) is 0 Å². The van der Waals surface area contributed by atoms with Gasteiger partial charge >= 0.3 is 0 Å². The molecule has 0 atom stereocenters. The molecule has 2 rings (SSSR count). The van der Waals surface area contributed by atoms with Gasteiger partial charge in [-0.25, -0.2) is 0 Å². The molecule has 1 saturated heterocycles. The van der Waals surface area contributed by atoms with Crippen molar-refractivity contribution in [2.45, 2.75) is 39.7 Å². The highest BCUT2D eigenvalue weighted by Crippen LogP contribution is 2.37. The van der Waals surface area contributed by atoms with Crippen molar-refractivity contribution in [1.29, 1.82) is 0 Å². The smallest absolute Gasteiger partial charge is 0.0314 e. The number of nitrogens with two attached hydrogens (primary N) is 1. The highest BCUT2D eigenvalue weighted by atomic mass is 15.2. The lowest BCUT2D eigenvalue weighted by Crippen LogP contribution is -2.26. The molecule has 0 unspecified atom stereocenters. The van der Waals surface area contributed by atoms with Gasteiger partial charge in [-0.2, -0.15) is 0 Å². The van der Waals surface area contributed by atoms with Crippen LogP contribution in [0.2, 0.25) is 0 Å². The molecule has 2 N–H and O–H groups in total. The molecule has 0 radical (unpaired) electrons. The topological polar surface area (TPSA) is 29.3 Å². The highest BCUT2D eigenvalue weighted by Gasteiger charge is 2.34. The summed E-state index contributed by atoms with van der Waals surface area (Å²) in [7, 11) is 0.